The van der Waals surface area contributed by atoms with Crippen LogP contribution in [-0.2, 0) is 0 Å². The molecule has 0 radical (unpaired) electrons. The molecule has 0 spiro atoms. The summed E-state index contributed by atoms with van der Waals surface area (Å²) < 4.78 is 5.22. The largest absolute Gasteiger partial charge is 0.495 e. The third kappa shape index (κ3) is 2.53. The fourth-order valence-corrected chi connectivity index (χ4v) is 1.61. The number of benzene rings is 1. The van der Waals surface area contributed by atoms with Gasteiger partial charge in [-0.3, -0.25) is 0 Å². The Hall–Kier alpha value is -2.25. The second-order valence-electron chi connectivity index (χ2n) is 3.48. The minimum Gasteiger partial charge on any atom is -0.495 e. The van der Waals surface area contributed by atoms with Crippen molar-refractivity contribution in [2.75, 3.05) is 12.4 Å². The molecule has 0 bridgehead atoms. The standard InChI is InChI=1S/C13H10ClN3O/c1-18-11-4-2-3-9(7-15)13(11)17-12-6-5-10(14)8-16-12/h2-6,8H,1H3,(H,16,17). The number of nitrogens with zero attached hydrogens (tertiary/aromatic N) is 2. The van der Waals surface area contributed by atoms with Crippen LogP contribution in [0.1, 0.15) is 5.56 Å². The van der Waals surface area contributed by atoms with Crippen molar-refractivity contribution in [2.24, 2.45) is 0 Å². The molecule has 1 N–H and O–H groups in total. The lowest BCUT2D eigenvalue weighted by molar-refractivity contribution is 0.416. The van der Waals surface area contributed by atoms with E-state index in [-0.39, 0.29) is 0 Å². The Kier molecular flexibility index (Phi) is 3.66. The third-order valence-electron chi connectivity index (χ3n) is 2.35. The average molecular weight is 260 g/mol. The van der Waals surface area contributed by atoms with Gasteiger partial charge >= 0.3 is 0 Å². The quantitative estimate of drug-likeness (QED) is 0.918. The molecule has 5 heteroatoms. The topological polar surface area (TPSA) is 57.9 Å². The molecule has 0 saturated carbocycles. The fraction of sp³-hybridized carbons (Fsp3) is 0.0769. The Morgan fingerprint density at radius 2 is 2.17 bits per heavy atom. The first-order chi connectivity index (χ1) is 8.74. The minimum atomic E-state index is 0.492. The lowest BCUT2D eigenvalue weighted by atomic mass is 10.2. The summed E-state index contributed by atoms with van der Waals surface area (Å²) in [6.45, 7) is 0. The predicted molar refractivity (Wildman–Crippen MR) is 70.2 cm³/mol. The van der Waals surface area contributed by atoms with Crippen molar-refractivity contribution >= 4 is 23.1 Å². The van der Waals surface area contributed by atoms with Gasteiger partial charge in [0.25, 0.3) is 0 Å². The van der Waals surface area contributed by atoms with Gasteiger partial charge in [-0.1, -0.05) is 17.7 Å². The van der Waals surface area contributed by atoms with Gasteiger partial charge in [0.1, 0.15) is 23.3 Å². The Balaban J connectivity index is 2.39. The van der Waals surface area contributed by atoms with E-state index in [1.54, 1.807) is 37.4 Å². The summed E-state index contributed by atoms with van der Waals surface area (Å²) in [5, 5.41) is 12.7. The molecule has 0 atom stereocenters. The van der Waals surface area contributed by atoms with E-state index in [1.165, 1.54) is 6.20 Å². The van der Waals surface area contributed by atoms with Crippen LogP contribution in [0.4, 0.5) is 11.5 Å². The maximum Gasteiger partial charge on any atom is 0.143 e. The van der Waals surface area contributed by atoms with Gasteiger partial charge in [0, 0.05) is 6.20 Å². The summed E-state index contributed by atoms with van der Waals surface area (Å²) in [6, 6.07) is 10.8. The highest BCUT2D eigenvalue weighted by Crippen LogP contribution is 2.30. The maximum atomic E-state index is 9.07. The molecule has 1 aromatic carbocycles. The zero-order chi connectivity index (χ0) is 13.0. The highest BCUT2D eigenvalue weighted by molar-refractivity contribution is 6.30. The zero-order valence-electron chi connectivity index (χ0n) is 9.64. The summed E-state index contributed by atoms with van der Waals surface area (Å²) in [4.78, 5) is 4.12. The molecular formula is C13H10ClN3O. The molecule has 18 heavy (non-hydrogen) atoms. The number of halogens is 1. The monoisotopic (exact) mass is 259 g/mol. The summed E-state index contributed by atoms with van der Waals surface area (Å²) in [6.07, 6.45) is 1.53. The van der Waals surface area contributed by atoms with Crippen molar-refractivity contribution in [1.29, 1.82) is 5.26 Å². The number of rotatable bonds is 3. The molecule has 0 aliphatic heterocycles. The molecule has 0 fully saturated rings. The van der Waals surface area contributed by atoms with Crippen molar-refractivity contribution in [3.8, 4) is 11.8 Å². The van der Waals surface area contributed by atoms with E-state index < -0.39 is 0 Å². The minimum absolute atomic E-state index is 0.492. The number of ether oxygens (including phenoxy) is 1. The number of nitrogens with one attached hydrogen (secondary N) is 1. The van der Waals surface area contributed by atoms with Crippen LogP contribution in [0.25, 0.3) is 0 Å². The first-order valence-electron chi connectivity index (χ1n) is 5.20. The van der Waals surface area contributed by atoms with Crippen LogP contribution in [0.3, 0.4) is 0 Å². The van der Waals surface area contributed by atoms with Crippen LogP contribution in [0, 0.1) is 11.3 Å². The molecule has 0 aliphatic rings. The average Bonchev–Trinajstić information content (AvgIpc) is 2.41. The van der Waals surface area contributed by atoms with Crippen molar-refractivity contribution in [3.05, 3.63) is 47.1 Å². The van der Waals surface area contributed by atoms with Crippen molar-refractivity contribution in [2.45, 2.75) is 0 Å². The summed E-state index contributed by atoms with van der Waals surface area (Å²) >= 11 is 5.76. The van der Waals surface area contributed by atoms with Crippen LogP contribution in [0.2, 0.25) is 5.02 Å². The van der Waals surface area contributed by atoms with E-state index >= 15 is 0 Å². The molecule has 2 aromatic rings. The Bertz CT molecular complexity index is 590. The molecule has 0 amide bonds. The number of hydrogen-bond donors (Lipinski definition) is 1. The number of aromatic nitrogens is 1. The van der Waals surface area contributed by atoms with Gasteiger partial charge in [-0.25, -0.2) is 4.98 Å². The second-order valence-corrected chi connectivity index (χ2v) is 3.92. The maximum absolute atomic E-state index is 9.07. The highest BCUT2D eigenvalue weighted by atomic mass is 35.5. The molecule has 2 rings (SSSR count). The Morgan fingerprint density at radius 3 is 2.78 bits per heavy atom. The summed E-state index contributed by atoms with van der Waals surface area (Å²) in [5.41, 5.74) is 1.09. The molecule has 4 nitrogen and oxygen atoms in total. The van der Waals surface area contributed by atoms with Gasteiger partial charge < -0.3 is 10.1 Å². The van der Waals surface area contributed by atoms with E-state index in [1.807, 2.05) is 0 Å². The fourth-order valence-electron chi connectivity index (χ4n) is 1.50. The highest BCUT2D eigenvalue weighted by Gasteiger charge is 2.09. The normalized spacial score (nSPS) is 9.61. The van der Waals surface area contributed by atoms with E-state index in [9.17, 15) is 0 Å². The number of pyridine rings is 1. The molecule has 0 aliphatic carbocycles. The van der Waals surface area contributed by atoms with Crippen LogP contribution >= 0.6 is 11.6 Å². The van der Waals surface area contributed by atoms with Crippen LogP contribution in [0.15, 0.2) is 36.5 Å². The number of methoxy groups -OCH3 is 1. The second kappa shape index (κ2) is 5.39. The number of para-hydroxylation sites is 1. The Labute approximate surface area is 110 Å². The van der Waals surface area contributed by atoms with Gasteiger partial charge in [0.15, 0.2) is 0 Å². The van der Waals surface area contributed by atoms with Gasteiger partial charge in [-0.2, -0.15) is 5.26 Å². The summed E-state index contributed by atoms with van der Waals surface area (Å²) in [7, 11) is 1.55. The molecule has 0 unspecified atom stereocenters. The van der Waals surface area contributed by atoms with E-state index in [4.69, 9.17) is 21.6 Å². The number of hydrogen-bond acceptors (Lipinski definition) is 4. The molecular weight excluding hydrogens is 250 g/mol. The van der Waals surface area contributed by atoms with Gasteiger partial charge in [0.05, 0.1) is 17.7 Å². The molecule has 90 valence electrons. The smallest absolute Gasteiger partial charge is 0.143 e. The third-order valence-corrected chi connectivity index (χ3v) is 2.57. The first-order valence-corrected chi connectivity index (χ1v) is 5.58. The van der Waals surface area contributed by atoms with Crippen LogP contribution in [-0.4, -0.2) is 12.1 Å². The predicted octanol–water partition coefficient (Wildman–Crippen LogP) is 3.36. The van der Waals surface area contributed by atoms with E-state index in [2.05, 4.69) is 16.4 Å². The molecule has 0 saturated heterocycles. The van der Waals surface area contributed by atoms with E-state index in [0.717, 1.165) is 0 Å². The summed E-state index contributed by atoms with van der Waals surface area (Å²) in [5.74, 6) is 1.19. The van der Waals surface area contributed by atoms with Gasteiger partial charge in [0.2, 0.25) is 0 Å². The lowest BCUT2D eigenvalue weighted by Gasteiger charge is -2.11. The lowest BCUT2D eigenvalue weighted by Crippen LogP contribution is -1.98. The van der Waals surface area contributed by atoms with Crippen LogP contribution in [0.5, 0.6) is 5.75 Å². The van der Waals surface area contributed by atoms with Gasteiger partial charge in [-0.05, 0) is 24.3 Å². The zero-order valence-corrected chi connectivity index (χ0v) is 10.4. The SMILES string of the molecule is COc1cccc(C#N)c1Nc1ccc(Cl)cn1. The van der Waals surface area contributed by atoms with Gasteiger partial charge in [-0.15, -0.1) is 0 Å². The number of anilines is 2. The number of nitriles is 1. The van der Waals surface area contributed by atoms with Crippen molar-refractivity contribution in [1.82, 2.24) is 4.98 Å². The van der Waals surface area contributed by atoms with Crippen LogP contribution < -0.4 is 10.1 Å². The first kappa shape index (κ1) is 12.2. The molecule has 1 aromatic heterocycles. The van der Waals surface area contributed by atoms with E-state index in [0.29, 0.717) is 27.8 Å². The Morgan fingerprint density at radius 1 is 1.33 bits per heavy atom. The van der Waals surface area contributed by atoms with Crippen molar-refractivity contribution < 1.29 is 4.74 Å². The van der Waals surface area contributed by atoms with Crippen molar-refractivity contribution in [3.63, 3.8) is 0 Å². The molecule has 1 heterocycles.